The van der Waals surface area contributed by atoms with Gasteiger partial charge in [0.05, 0.1) is 54.3 Å². The fourth-order valence-electron chi connectivity index (χ4n) is 4.14. The first-order valence-electron chi connectivity index (χ1n) is 11.1. The van der Waals surface area contributed by atoms with Gasteiger partial charge in [0.2, 0.25) is 0 Å². The zero-order valence-electron chi connectivity index (χ0n) is 20.1. The molecule has 10 heteroatoms. The molecule has 0 spiro atoms. The smallest absolute Gasteiger partial charge is 0.264 e. The Hall–Kier alpha value is -4.05. The van der Waals surface area contributed by atoms with E-state index in [1.54, 1.807) is 49.4 Å². The molecule has 1 N–H and O–H groups in total. The molecule has 3 aromatic rings. The van der Waals surface area contributed by atoms with Crippen molar-refractivity contribution >= 4 is 33.0 Å². The van der Waals surface area contributed by atoms with Crippen LogP contribution in [0.4, 0.5) is 5.69 Å². The van der Waals surface area contributed by atoms with E-state index < -0.39 is 33.4 Å². The number of fused-ring (bicyclic) bond motifs is 1. The van der Waals surface area contributed by atoms with Crippen LogP contribution in [0.5, 0.6) is 11.5 Å². The topological polar surface area (TPSA) is 115 Å². The molecule has 0 saturated carbocycles. The highest BCUT2D eigenvalue weighted by molar-refractivity contribution is 7.90. The molecule has 2 aromatic carbocycles. The van der Waals surface area contributed by atoms with Crippen LogP contribution in [0.1, 0.15) is 45.0 Å². The molecule has 0 fully saturated rings. The highest BCUT2D eigenvalue weighted by Gasteiger charge is 2.43. The van der Waals surface area contributed by atoms with E-state index in [0.717, 1.165) is 11.2 Å². The summed E-state index contributed by atoms with van der Waals surface area (Å²) in [6.45, 7) is 6.08. The van der Waals surface area contributed by atoms with Crippen LogP contribution in [0.25, 0.3) is 5.70 Å². The highest BCUT2D eigenvalue weighted by Crippen LogP contribution is 2.39. The Morgan fingerprint density at radius 1 is 1.11 bits per heavy atom. The van der Waals surface area contributed by atoms with E-state index in [2.05, 4.69) is 11.9 Å². The van der Waals surface area contributed by atoms with E-state index in [0.29, 0.717) is 40.8 Å². The molecule has 2 amide bonds. The lowest BCUT2D eigenvalue weighted by Crippen LogP contribution is -2.37. The number of hydrogen-bond donors (Lipinski definition) is 1. The second-order valence-electron chi connectivity index (χ2n) is 8.24. The van der Waals surface area contributed by atoms with Crippen LogP contribution in [0.15, 0.2) is 65.8 Å². The van der Waals surface area contributed by atoms with Crippen molar-refractivity contribution in [2.75, 3.05) is 31.0 Å². The first-order chi connectivity index (χ1) is 17.1. The van der Waals surface area contributed by atoms with Gasteiger partial charge in [-0.05, 0) is 48.9 Å². The van der Waals surface area contributed by atoms with Crippen molar-refractivity contribution in [1.82, 2.24) is 4.90 Å². The zero-order chi connectivity index (χ0) is 26.0. The largest absolute Gasteiger partial charge is 0.493 e. The zero-order valence-corrected chi connectivity index (χ0v) is 20.9. The predicted molar refractivity (Wildman–Crippen MR) is 135 cm³/mol. The normalized spacial score (nSPS) is 13.9. The van der Waals surface area contributed by atoms with Gasteiger partial charge in [0, 0.05) is 6.26 Å². The SMILES string of the molecule is C=C(Nc1cccc2c1C(=O)N([C@@H](CS(C)(=O)=O)c1ccc(OC)c(OCC)c1)C2=O)c1ccco1. The molecule has 1 atom stereocenters. The quantitative estimate of drug-likeness (QED) is 0.405. The molecule has 0 bridgehead atoms. The molecule has 0 radical (unpaired) electrons. The minimum atomic E-state index is -3.60. The van der Waals surface area contributed by atoms with Crippen LogP contribution in [0.2, 0.25) is 0 Å². The van der Waals surface area contributed by atoms with Gasteiger partial charge < -0.3 is 19.2 Å². The molecule has 0 unspecified atom stereocenters. The summed E-state index contributed by atoms with van der Waals surface area (Å²) in [6.07, 6.45) is 2.56. The number of methoxy groups -OCH3 is 1. The van der Waals surface area contributed by atoms with Gasteiger partial charge in [0.15, 0.2) is 11.5 Å². The van der Waals surface area contributed by atoms with E-state index >= 15 is 0 Å². The number of carbonyl (C=O) groups is 2. The van der Waals surface area contributed by atoms with Crippen LogP contribution in [0, 0.1) is 0 Å². The third-order valence-corrected chi connectivity index (χ3v) is 6.62. The number of imide groups is 1. The standard InChI is InChI=1S/C26H26N2O7S/c1-5-34-23-14-17(11-12-22(23)33-3)20(15-36(4,31)32)28-25(29)18-8-6-9-19(24(18)26(28)30)27-16(2)21-10-7-13-35-21/h6-14,20,27H,2,5,15H2,1,3-4H3/t20-/m0/s1. The first kappa shape index (κ1) is 25.1. The summed E-state index contributed by atoms with van der Waals surface area (Å²) in [6, 6.07) is 12.0. The lowest BCUT2D eigenvalue weighted by Gasteiger charge is -2.27. The van der Waals surface area contributed by atoms with E-state index in [4.69, 9.17) is 13.9 Å². The maximum absolute atomic E-state index is 13.7. The van der Waals surface area contributed by atoms with Crippen LogP contribution >= 0.6 is 0 Å². The predicted octanol–water partition coefficient (Wildman–Crippen LogP) is 4.15. The Bertz CT molecular complexity index is 1430. The van der Waals surface area contributed by atoms with Gasteiger partial charge in [-0.2, -0.15) is 0 Å². The Morgan fingerprint density at radius 2 is 1.89 bits per heavy atom. The molecule has 1 aromatic heterocycles. The van der Waals surface area contributed by atoms with Crippen molar-refractivity contribution in [3.8, 4) is 11.5 Å². The number of carbonyl (C=O) groups excluding carboxylic acids is 2. The molecule has 9 nitrogen and oxygen atoms in total. The van der Waals surface area contributed by atoms with Crippen molar-refractivity contribution in [2.45, 2.75) is 13.0 Å². The van der Waals surface area contributed by atoms with Gasteiger partial charge in [0.25, 0.3) is 11.8 Å². The number of rotatable bonds is 10. The Morgan fingerprint density at radius 3 is 2.53 bits per heavy atom. The summed E-state index contributed by atoms with van der Waals surface area (Å²) in [7, 11) is -2.12. The van der Waals surface area contributed by atoms with Crippen molar-refractivity contribution in [2.24, 2.45) is 0 Å². The lowest BCUT2D eigenvalue weighted by atomic mass is 10.1. The van der Waals surface area contributed by atoms with Crippen molar-refractivity contribution in [3.63, 3.8) is 0 Å². The van der Waals surface area contributed by atoms with Crippen LogP contribution in [0.3, 0.4) is 0 Å². The van der Waals surface area contributed by atoms with Gasteiger partial charge in [-0.3, -0.25) is 14.5 Å². The monoisotopic (exact) mass is 510 g/mol. The molecule has 1 aliphatic rings. The third kappa shape index (κ3) is 4.85. The summed E-state index contributed by atoms with van der Waals surface area (Å²) >= 11 is 0. The second kappa shape index (κ2) is 9.90. The van der Waals surface area contributed by atoms with Gasteiger partial charge in [-0.15, -0.1) is 0 Å². The van der Waals surface area contributed by atoms with E-state index in [1.807, 2.05) is 0 Å². The molecule has 36 heavy (non-hydrogen) atoms. The van der Waals surface area contributed by atoms with Crippen molar-refractivity contribution in [3.05, 3.63) is 83.8 Å². The minimum Gasteiger partial charge on any atom is -0.493 e. The lowest BCUT2D eigenvalue weighted by molar-refractivity contribution is 0.0597. The Kier molecular flexibility index (Phi) is 6.89. The molecule has 4 rings (SSSR count). The summed E-state index contributed by atoms with van der Waals surface area (Å²) in [5.41, 5.74) is 1.48. The summed E-state index contributed by atoms with van der Waals surface area (Å²) in [4.78, 5) is 28.2. The van der Waals surface area contributed by atoms with Crippen molar-refractivity contribution < 1.29 is 31.9 Å². The summed E-state index contributed by atoms with van der Waals surface area (Å²) < 4.78 is 41.1. The number of anilines is 1. The fourth-order valence-corrected chi connectivity index (χ4v) is 5.06. The average molecular weight is 511 g/mol. The van der Waals surface area contributed by atoms with Crippen LogP contribution in [-0.4, -0.2) is 50.9 Å². The molecule has 2 heterocycles. The van der Waals surface area contributed by atoms with Gasteiger partial charge >= 0.3 is 0 Å². The van der Waals surface area contributed by atoms with E-state index in [1.165, 1.54) is 19.4 Å². The first-order valence-corrected chi connectivity index (χ1v) is 13.2. The molecular weight excluding hydrogens is 484 g/mol. The van der Waals surface area contributed by atoms with Gasteiger partial charge in [-0.1, -0.05) is 18.7 Å². The van der Waals surface area contributed by atoms with Crippen LogP contribution in [-0.2, 0) is 9.84 Å². The molecule has 188 valence electrons. The maximum atomic E-state index is 13.7. The fraction of sp³-hybridized carbons (Fsp3) is 0.231. The van der Waals surface area contributed by atoms with Crippen molar-refractivity contribution in [1.29, 1.82) is 0 Å². The second-order valence-corrected chi connectivity index (χ2v) is 10.4. The number of hydrogen-bond acceptors (Lipinski definition) is 8. The van der Waals surface area contributed by atoms with E-state index in [-0.39, 0.29) is 11.1 Å². The Labute approximate surface area is 209 Å². The van der Waals surface area contributed by atoms with Gasteiger partial charge in [-0.25, -0.2) is 8.42 Å². The number of furan rings is 1. The maximum Gasteiger partial charge on any atom is 0.264 e. The number of nitrogens with zero attached hydrogens (tertiary/aromatic N) is 1. The number of benzene rings is 2. The van der Waals surface area contributed by atoms with Crippen LogP contribution < -0.4 is 14.8 Å². The number of ether oxygens (including phenoxy) is 2. The average Bonchev–Trinajstić information content (AvgIpc) is 3.45. The number of amides is 2. The van der Waals surface area contributed by atoms with E-state index in [9.17, 15) is 18.0 Å². The number of sulfone groups is 1. The summed E-state index contributed by atoms with van der Waals surface area (Å²) in [5.74, 6) is -0.373. The molecule has 0 saturated heterocycles. The Balaban J connectivity index is 1.76. The molecule has 0 aliphatic carbocycles. The molecule has 1 aliphatic heterocycles. The van der Waals surface area contributed by atoms with Gasteiger partial charge in [0.1, 0.15) is 15.6 Å². The number of nitrogens with one attached hydrogen (secondary N) is 1. The third-order valence-electron chi connectivity index (χ3n) is 5.70. The highest BCUT2D eigenvalue weighted by atomic mass is 32.2. The minimum absolute atomic E-state index is 0.132. The summed E-state index contributed by atoms with van der Waals surface area (Å²) in [5, 5.41) is 3.04. The molecular formula is C26H26N2O7S.